The minimum Gasteiger partial charge on any atom is -0.423 e. The van der Waals surface area contributed by atoms with Gasteiger partial charge in [0.25, 0.3) is 5.91 Å². The normalized spacial score (nSPS) is 24.7. The number of hydrogen-bond donors (Lipinski definition) is 1. The number of nitrogens with zero attached hydrogens (tertiary/aromatic N) is 1. The molecule has 3 amide bonds. The van der Waals surface area contributed by atoms with E-state index in [9.17, 15) is 14.4 Å². The highest BCUT2D eigenvalue weighted by Crippen LogP contribution is 2.39. The molecule has 1 spiro atoms. The van der Waals surface area contributed by atoms with Crippen LogP contribution in [0.1, 0.15) is 69.1 Å². The average molecular weight is 396 g/mol. The molecule has 1 aliphatic heterocycles. The Kier molecular flexibility index (Phi) is 4.75. The highest BCUT2D eigenvalue weighted by atomic mass is 16.4. The van der Waals surface area contributed by atoms with Crippen LogP contribution in [0.25, 0.3) is 11.0 Å². The van der Waals surface area contributed by atoms with Crippen molar-refractivity contribution in [2.24, 2.45) is 5.92 Å². The second-order valence-electron chi connectivity index (χ2n) is 8.89. The zero-order valence-electron chi connectivity index (χ0n) is 17.5. The Hall–Kier alpha value is -2.63. The molecular weight excluding hydrogens is 368 g/mol. The van der Waals surface area contributed by atoms with Gasteiger partial charge in [-0.15, -0.1) is 0 Å². The summed E-state index contributed by atoms with van der Waals surface area (Å²) >= 11 is 0. The van der Waals surface area contributed by atoms with Crippen LogP contribution in [-0.4, -0.2) is 22.4 Å². The van der Waals surface area contributed by atoms with Gasteiger partial charge in [-0.25, -0.2) is 9.59 Å². The quantitative estimate of drug-likeness (QED) is 0.622. The fourth-order valence-corrected chi connectivity index (χ4v) is 4.95. The van der Waals surface area contributed by atoms with Gasteiger partial charge in [0.2, 0.25) is 0 Å². The molecule has 2 heterocycles. The van der Waals surface area contributed by atoms with Crippen molar-refractivity contribution in [1.29, 1.82) is 0 Å². The minimum absolute atomic E-state index is 0.0713. The van der Waals surface area contributed by atoms with Gasteiger partial charge in [0.15, 0.2) is 0 Å². The van der Waals surface area contributed by atoms with Crippen molar-refractivity contribution < 1.29 is 14.0 Å². The number of imide groups is 1. The molecular formula is C23H28N2O4. The molecule has 0 radical (unpaired) electrons. The van der Waals surface area contributed by atoms with Crippen LogP contribution in [0.4, 0.5) is 4.79 Å². The first-order valence-electron chi connectivity index (χ1n) is 10.4. The number of urea groups is 1. The topological polar surface area (TPSA) is 79.6 Å². The van der Waals surface area contributed by atoms with E-state index in [0.29, 0.717) is 23.5 Å². The van der Waals surface area contributed by atoms with Gasteiger partial charge in [-0.05, 0) is 60.4 Å². The van der Waals surface area contributed by atoms with Crippen LogP contribution in [0.2, 0.25) is 0 Å². The molecule has 29 heavy (non-hydrogen) atoms. The van der Waals surface area contributed by atoms with Crippen molar-refractivity contribution >= 4 is 22.9 Å². The van der Waals surface area contributed by atoms with E-state index in [2.05, 4.69) is 19.2 Å². The van der Waals surface area contributed by atoms with Gasteiger partial charge >= 0.3 is 11.7 Å². The van der Waals surface area contributed by atoms with E-state index in [0.717, 1.165) is 35.8 Å². The van der Waals surface area contributed by atoms with E-state index in [1.165, 1.54) is 11.0 Å². The van der Waals surface area contributed by atoms with E-state index < -0.39 is 11.2 Å². The third-order valence-corrected chi connectivity index (χ3v) is 6.67. The molecule has 1 aromatic heterocycles. The van der Waals surface area contributed by atoms with E-state index >= 15 is 0 Å². The molecule has 6 nitrogen and oxygen atoms in total. The smallest absolute Gasteiger partial charge is 0.336 e. The van der Waals surface area contributed by atoms with Crippen molar-refractivity contribution in [3.63, 3.8) is 0 Å². The number of benzene rings is 1. The highest BCUT2D eigenvalue weighted by Gasteiger charge is 2.54. The van der Waals surface area contributed by atoms with Crippen LogP contribution in [0.5, 0.6) is 0 Å². The number of fused-ring (bicyclic) bond motifs is 1. The van der Waals surface area contributed by atoms with Crippen LogP contribution >= 0.6 is 0 Å². The number of carbonyl (C=O) groups is 2. The van der Waals surface area contributed by atoms with Gasteiger partial charge in [-0.2, -0.15) is 0 Å². The summed E-state index contributed by atoms with van der Waals surface area (Å²) in [6.45, 7) is 8.32. The molecule has 0 bridgehead atoms. The summed E-state index contributed by atoms with van der Waals surface area (Å²) in [4.78, 5) is 39.5. The maximum Gasteiger partial charge on any atom is 0.336 e. The fraction of sp³-hybridized carbons (Fsp3) is 0.522. The van der Waals surface area contributed by atoms with Crippen LogP contribution in [0.15, 0.2) is 27.4 Å². The van der Waals surface area contributed by atoms with Crippen molar-refractivity contribution in [3.05, 3.63) is 45.3 Å². The summed E-state index contributed by atoms with van der Waals surface area (Å²) in [5.41, 5.74) is 2.06. The van der Waals surface area contributed by atoms with Gasteiger partial charge < -0.3 is 9.73 Å². The zero-order chi connectivity index (χ0) is 20.9. The highest BCUT2D eigenvalue weighted by molar-refractivity contribution is 6.07. The lowest BCUT2D eigenvalue weighted by Gasteiger charge is -2.36. The molecule has 6 heteroatoms. The summed E-state index contributed by atoms with van der Waals surface area (Å²) in [6.07, 6.45) is 3.60. The van der Waals surface area contributed by atoms with Crippen LogP contribution in [0.3, 0.4) is 0 Å². The number of hydrogen-bond acceptors (Lipinski definition) is 4. The molecule has 154 valence electrons. The Labute approximate surface area is 170 Å². The van der Waals surface area contributed by atoms with Crippen molar-refractivity contribution in [3.8, 4) is 0 Å². The van der Waals surface area contributed by atoms with E-state index in [4.69, 9.17) is 4.42 Å². The molecule has 2 aliphatic rings. The maximum atomic E-state index is 13.3. The Morgan fingerprint density at radius 1 is 1.21 bits per heavy atom. The minimum atomic E-state index is -0.801. The molecule has 1 N–H and O–H groups in total. The molecule has 2 aromatic rings. The predicted molar refractivity (Wildman–Crippen MR) is 111 cm³/mol. The number of amides is 3. The SMILES string of the molecule is Cc1cc2oc(=O)cc(CN3C(=O)N[C@@]4(CCCC[C@@H]4C)C3=O)c2cc1C(C)C. The molecule has 0 unspecified atom stereocenters. The molecule has 2 fully saturated rings. The summed E-state index contributed by atoms with van der Waals surface area (Å²) in [6, 6.07) is 4.91. The summed E-state index contributed by atoms with van der Waals surface area (Å²) in [5.74, 6) is 0.236. The molecule has 4 rings (SSSR count). The van der Waals surface area contributed by atoms with Crippen molar-refractivity contribution in [1.82, 2.24) is 10.2 Å². The summed E-state index contributed by atoms with van der Waals surface area (Å²) in [5, 5.41) is 3.75. The third kappa shape index (κ3) is 3.15. The number of nitrogens with one attached hydrogen (secondary N) is 1. The summed E-state index contributed by atoms with van der Waals surface area (Å²) < 4.78 is 5.40. The van der Waals surface area contributed by atoms with E-state index in [-0.39, 0.29) is 24.4 Å². The van der Waals surface area contributed by atoms with Gasteiger partial charge in [-0.3, -0.25) is 9.69 Å². The monoisotopic (exact) mass is 396 g/mol. The second-order valence-corrected chi connectivity index (χ2v) is 8.89. The lowest BCUT2D eigenvalue weighted by Crippen LogP contribution is -2.53. The Morgan fingerprint density at radius 2 is 1.97 bits per heavy atom. The van der Waals surface area contributed by atoms with Gasteiger partial charge in [-0.1, -0.05) is 33.6 Å². The summed E-state index contributed by atoms with van der Waals surface area (Å²) in [7, 11) is 0. The molecule has 1 saturated carbocycles. The lowest BCUT2D eigenvalue weighted by molar-refractivity contribution is -0.134. The number of carbonyl (C=O) groups excluding carboxylic acids is 2. The third-order valence-electron chi connectivity index (χ3n) is 6.67. The zero-order valence-corrected chi connectivity index (χ0v) is 17.5. The molecule has 1 saturated heterocycles. The van der Waals surface area contributed by atoms with Crippen molar-refractivity contribution in [2.45, 2.75) is 71.4 Å². The van der Waals surface area contributed by atoms with Crippen LogP contribution in [-0.2, 0) is 11.3 Å². The van der Waals surface area contributed by atoms with E-state index in [1.54, 1.807) is 0 Å². The van der Waals surface area contributed by atoms with Crippen molar-refractivity contribution in [2.75, 3.05) is 0 Å². The first-order valence-corrected chi connectivity index (χ1v) is 10.4. The second kappa shape index (κ2) is 7.01. The van der Waals surface area contributed by atoms with E-state index in [1.807, 2.05) is 26.0 Å². The Balaban J connectivity index is 1.76. The first-order chi connectivity index (χ1) is 13.7. The Bertz CT molecular complexity index is 1050. The Morgan fingerprint density at radius 3 is 2.66 bits per heavy atom. The number of aryl methyl sites for hydroxylation is 1. The maximum absolute atomic E-state index is 13.3. The largest absolute Gasteiger partial charge is 0.423 e. The van der Waals surface area contributed by atoms with Crippen LogP contribution in [0, 0.1) is 12.8 Å². The number of rotatable bonds is 3. The van der Waals surface area contributed by atoms with Gasteiger partial charge in [0, 0.05) is 11.5 Å². The molecule has 1 aromatic carbocycles. The molecule has 2 atom stereocenters. The predicted octanol–water partition coefficient (Wildman–Crippen LogP) is 4.23. The average Bonchev–Trinajstić information content (AvgIpc) is 2.88. The molecule has 1 aliphatic carbocycles. The fourth-order valence-electron chi connectivity index (χ4n) is 4.95. The first kappa shape index (κ1) is 19.7. The van der Waals surface area contributed by atoms with Crippen LogP contribution < -0.4 is 10.9 Å². The van der Waals surface area contributed by atoms with Gasteiger partial charge in [0.1, 0.15) is 11.1 Å². The lowest BCUT2D eigenvalue weighted by atomic mass is 9.73. The van der Waals surface area contributed by atoms with Gasteiger partial charge in [0.05, 0.1) is 6.54 Å². The standard InChI is InChI=1S/C23H28N2O4/c1-13(2)17-11-18-16(10-20(26)29-19(18)9-14(17)3)12-25-21(27)23(24-22(25)28)8-6-5-7-15(23)4/h9-11,13,15H,5-8,12H2,1-4H3,(H,24,28)/t15-,23+/m0/s1.